The highest BCUT2D eigenvalue weighted by Gasteiger charge is 2.35. The molecule has 1 aromatic heterocycles. The number of piperidine rings is 1. The first-order valence-electron chi connectivity index (χ1n) is 14.2. The number of aromatic nitrogens is 1. The van der Waals surface area contributed by atoms with E-state index in [1.165, 1.54) is 0 Å². The van der Waals surface area contributed by atoms with Crippen molar-refractivity contribution >= 4 is 12.1 Å². The van der Waals surface area contributed by atoms with Crippen LogP contribution in [0.1, 0.15) is 56.5 Å². The van der Waals surface area contributed by atoms with Gasteiger partial charge in [-0.2, -0.15) is 0 Å². The molecule has 0 radical (unpaired) electrons. The van der Waals surface area contributed by atoms with Crippen LogP contribution in [0.25, 0.3) is 11.5 Å². The number of carbonyl (C=O) groups is 2. The van der Waals surface area contributed by atoms with Gasteiger partial charge < -0.3 is 23.5 Å². The van der Waals surface area contributed by atoms with Crippen molar-refractivity contribution in [2.75, 3.05) is 32.9 Å². The predicted octanol–water partition coefficient (Wildman–Crippen LogP) is 6.42. The summed E-state index contributed by atoms with van der Waals surface area (Å²) in [5, 5.41) is 0. The Morgan fingerprint density at radius 2 is 1.90 bits per heavy atom. The smallest absolute Gasteiger partial charge is 0.409 e. The van der Waals surface area contributed by atoms with Crippen molar-refractivity contribution in [3.8, 4) is 17.2 Å². The number of rotatable bonds is 11. The summed E-state index contributed by atoms with van der Waals surface area (Å²) in [6.07, 6.45) is 1.31. The first kappa shape index (κ1) is 29.2. The van der Waals surface area contributed by atoms with E-state index in [1.54, 1.807) is 4.90 Å². The van der Waals surface area contributed by atoms with Crippen LogP contribution >= 0.6 is 0 Å². The average molecular weight is 549 g/mol. The zero-order chi connectivity index (χ0) is 28.5. The Labute approximate surface area is 236 Å². The molecule has 0 N–H and O–H groups in total. The van der Waals surface area contributed by atoms with Gasteiger partial charge in [-0.1, -0.05) is 44.2 Å². The maximum absolute atomic E-state index is 12.7. The van der Waals surface area contributed by atoms with Crippen molar-refractivity contribution < 1.29 is 28.2 Å². The van der Waals surface area contributed by atoms with E-state index < -0.39 is 0 Å². The number of esters is 1. The predicted molar refractivity (Wildman–Crippen MR) is 152 cm³/mol. The number of hydrogen-bond acceptors (Lipinski definition) is 7. The zero-order valence-corrected chi connectivity index (χ0v) is 23.9. The van der Waals surface area contributed by atoms with Crippen LogP contribution in [-0.2, 0) is 20.7 Å². The van der Waals surface area contributed by atoms with Crippen LogP contribution in [0.15, 0.2) is 59.0 Å². The normalized spacial score (nSPS) is 17.1. The second-order valence-electron chi connectivity index (χ2n) is 10.6. The molecule has 4 rings (SSSR count). The monoisotopic (exact) mass is 548 g/mol. The maximum atomic E-state index is 12.7. The van der Waals surface area contributed by atoms with Gasteiger partial charge in [0, 0.05) is 37.4 Å². The number of nitrogens with zero attached hydrogens (tertiary/aromatic N) is 2. The summed E-state index contributed by atoms with van der Waals surface area (Å²) in [5.41, 5.74) is 2.84. The van der Waals surface area contributed by atoms with Crippen LogP contribution in [-0.4, -0.2) is 54.9 Å². The highest BCUT2D eigenvalue weighted by molar-refractivity contribution is 5.70. The summed E-state index contributed by atoms with van der Waals surface area (Å²) in [5.74, 6) is 2.19. The maximum Gasteiger partial charge on any atom is 0.409 e. The minimum Gasteiger partial charge on any atom is -0.493 e. The minimum atomic E-state index is -0.307. The lowest BCUT2D eigenvalue weighted by Gasteiger charge is -2.38. The van der Waals surface area contributed by atoms with Gasteiger partial charge >= 0.3 is 12.1 Å². The molecule has 1 fully saturated rings. The molecule has 0 aliphatic carbocycles. The number of carbonyl (C=O) groups excluding carboxylic acids is 2. The Balaban J connectivity index is 1.43. The molecule has 8 heteroatoms. The summed E-state index contributed by atoms with van der Waals surface area (Å²) in [7, 11) is 0. The van der Waals surface area contributed by atoms with E-state index in [4.69, 9.17) is 18.6 Å². The number of benzene rings is 2. The summed E-state index contributed by atoms with van der Waals surface area (Å²) in [4.78, 5) is 31.5. The van der Waals surface area contributed by atoms with Crippen LogP contribution in [0.4, 0.5) is 4.79 Å². The van der Waals surface area contributed by atoms with E-state index in [0.717, 1.165) is 28.3 Å². The molecule has 2 atom stereocenters. The molecule has 1 unspecified atom stereocenters. The molecule has 8 nitrogen and oxygen atoms in total. The van der Waals surface area contributed by atoms with Gasteiger partial charge in [0.1, 0.15) is 11.5 Å². The Bertz CT molecular complexity index is 1260. The molecular formula is C32H40N2O6. The molecule has 1 aliphatic rings. The van der Waals surface area contributed by atoms with E-state index in [9.17, 15) is 9.59 Å². The fraction of sp³-hybridized carbons (Fsp3) is 0.469. The minimum absolute atomic E-state index is 0.0421. The standard InChI is InChI=1S/C32H40N2O6/c1-5-37-30(35)19-26-14-16-34(32(36)39-21-22(2)3)20-28(26)25-12-9-13-27(18-25)38-17-15-29-23(4)40-31(33-29)24-10-7-6-8-11-24/h6-13,18,22,26,28H,5,14-17,19-21H2,1-4H3/t26-,28?/m1/s1. The molecular weight excluding hydrogens is 508 g/mol. The number of hydrogen-bond donors (Lipinski definition) is 0. The molecule has 0 spiro atoms. The SMILES string of the molecule is CCOC(=O)C[C@H]1CCN(C(=O)OCC(C)C)CC1c1cccc(OCCc2nc(-c3ccccc3)oc2C)c1. The van der Waals surface area contributed by atoms with Gasteiger partial charge in [0.25, 0.3) is 0 Å². The highest BCUT2D eigenvalue weighted by atomic mass is 16.6. The molecule has 40 heavy (non-hydrogen) atoms. The van der Waals surface area contributed by atoms with Crippen molar-refractivity contribution in [1.29, 1.82) is 0 Å². The van der Waals surface area contributed by atoms with Gasteiger partial charge in [-0.25, -0.2) is 9.78 Å². The lowest BCUT2D eigenvalue weighted by atomic mass is 9.79. The second-order valence-corrected chi connectivity index (χ2v) is 10.6. The third kappa shape index (κ3) is 7.87. The fourth-order valence-corrected chi connectivity index (χ4v) is 5.02. The quantitative estimate of drug-likeness (QED) is 0.255. The zero-order valence-electron chi connectivity index (χ0n) is 23.9. The molecule has 214 valence electrons. The summed E-state index contributed by atoms with van der Waals surface area (Å²) in [6.45, 7) is 9.96. The first-order chi connectivity index (χ1) is 19.3. The van der Waals surface area contributed by atoms with Gasteiger partial charge in [-0.3, -0.25) is 4.79 Å². The van der Waals surface area contributed by atoms with Crippen LogP contribution in [0.3, 0.4) is 0 Å². The molecule has 1 saturated heterocycles. The van der Waals surface area contributed by atoms with Crippen molar-refractivity contribution in [2.24, 2.45) is 11.8 Å². The van der Waals surface area contributed by atoms with Crippen molar-refractivity contribution in [3.05, 3.63) is 71.6 Å². The van der Waals surface area contributed by atoms with Gasteiger partial charge in [-0.15, -0.1) is 0 Å². The van der Waals surface area contributed by atoms with Crippen LogP contribution in [0, 0.1) is 18.8 Å². The van der Waals surface area contributed by atoms with Crippen molar-refractivity contribution in [1.82, 2.24) is 9.88 Å². The summed E-state index contributed by atoms with van der Waals surface area (Å²) < 4.78 is 22.7. The molecule has 0 bridgehead atoms. The Morgan fingerprint density at radius 3 is 2.65 bits per heavy atom. The molecule has 0 saturated carbocycles. The lowest BCUT2D eigenvalue weighted by Crippen LogP contribution is -2.44. The van der Waals surface area contributed by atoms with Gasteiger partial charge in [-0.05, 0) is 61.9 Å². The lowest BCUT2D eigenvalue weighted by molar-refractivity contribution is -0.144. The van der Waals surface area contributed by atoms with Crippen molar-refractivity contribution in [2.45, 2.75) is 52.9 Å². The van der Waals surface area contributed by atoms with Gasteiger partial charge in [0.15, 0.2) is 0 Å². The molecule has 1 amide bonds. The molecule has 2 aromatic carbocycles. The topological polar surface area (TPSA) is 91.1 Å². The molecule has 2 heterocycles. The van der Waals surface area contributed by atoms with Crippen LogP contribution < -0.4 is 4.74 Å². The largest absolute Gasteiger partial charge is 0.493 e. The average Bonchev–Trinajstić information content (AvgIpc) is 3.33. The fourth-order valence-electron chi connectivity index (χ4n) is 5.02. The van der Waals surface area contributed by atoms with Gasteiger partial charge in [0.2, 0.25) is 5.89 Å². The summed E-state index contributed by atoms with van der Waals surface area (Å²) >= 11 is 0. The van der Waals surface area contributed by atoms with E-state index in [2.05, 4.69) is 4.98 Å². The summed E-state index contributed by atoms with van der Waals surface area (Å²) in [6, 6.07) is 17.8. The van der Waals surface area contributed by atoms with E-state index in [0.29, 0.717) is 58.1 Å². The third-order valence-corrected chi connectivity index (χ3v) is 7.10. The highest BCUT2D eigenvalue weighted by Crippen LogP contribution is 2.36. The Kier molecular flexibility index (Phi) is 10.2. The van der Waals surface area contributed by atoms with Crippen LogP contribution in [0.5, 0.6) is 5.75 Å². The number of ether oxygens (including phenoxy) is 3. The Hall–Kier alpha value is -3.81. The van der Waals surface area contributed by atoms with Crippen LogP contribution in [0.2, 0.25) is 0 Å². The Morgan fingerprint density at radius 1 is 1.10 bits per heavy atom. The van der Waals surface area contributed by atoms with Gasteiger partial charge in [0.05, 0.1) is 25.5 Å². The number of aryl methyl sites for hydroxylation is 1. The van der Waals surface area contributed by atoms with Crippen molar-refractivity contribution in [3.63, 3.8) is 0 Å². The number of amides is 1. The third-order valence-electron chi connectivity index (χ3n) is 7.10. The van der Waals surface area contributed by atoms with E-state index in [-0.39, 0.29) is 29.8 Å². The van der Waals surface area contributed by atoms with E-state index in [1.807, 2.05) is 82.3 Å². The first-order valence-corrected chi connectivity index (χ1v) is 14.2. The molecule has 3 aromatic rings. The number of likely N-dealkylation sites (tertiary alicyclic amines) is 1. The second kappa shape index (κ2) is 14.0. The van der Waals surface area contributed by atoms with E-state index >= 15 is 0 Å². The molecule has 1 aliphatic heterocycles. The number of oxazole rings is 1.